The van der Waals surface area contributed by atoms with E-state index in [2.05, 4.69) is 19.1 Å². The fraction of sp³-hybridized carbons (Fsp3) is 0.407. The molecule has 0 saturated carbocycles. The highest BCUT2D eigenvalue weighted by Crippen LogP contribution is 2.18. The van der Waals surface area contributed by atoms with Crippen molar-refractivity contribution in [2.24, 2.45) is 0 Å². The molecule has 2 amide bonds. The second kappa shape index (κ2) is 11.8. The molecule has 2 aromatic carbocycles. The molecular weight excluding hydrogens is 412 g/mol. The smallest absolute Gasteiger partial charge is 0.223 e. The number of amides is 2. The summed E-state index contributed by atoms with van der Waals surface area (Å²) in [6.07, 6.45) is 3.98. The van der Waals surface area contributed by atoms with E-state index in [0.717, 1.165) is 24.0 Å². The van der Waals surface area contributed by atoms with Crippen LogP contribution in [-0.2, 0) is 22.4 Å². The zero-order valence-corrected chi connectivity index (χ0v) is 19.2. The third-order valence-electron chi connectivity index (χ3n) is 6.20. The SMILES string of the molecule is CCCC1CN(C(=O)CCc2ccc(C#N)cc2)CCN1C(=O)CCc1ccc(C#N)cc1. The summed E-state index contributed by atoms with van der Waals surface area (Å²) in [5.41, 5.74) is 3.33. The number of rotatable bonds is 8. The number of benzene rings is 2. The molecule has 33 heavy (non-hydrogen) atoms. The van der Waals surface area contributed by atoms with Gasteiger partial charge in [0, 0.05) is 38.5 Å². The number of piperazine rings is 1. The molecule has 0 bridgehead atoms. The summed E-state index contributed by atoms with van der Waals surface area (Å²) in [4.78, 5) is 29.7. The Labute approximate surface area is 196 Å². The molecule has 0 spiro atoms. The normalized spacial score (nSPS) is 15.5. The molecule has 0 aromatic heterocycles. The molecule has 1 fully saturated rings. The van der Waals surface area contributed by atoms with Gasteiger partial charge in [0.15, 0.2) is 0 Å². The number of aryl methyl sites for hydroxylation is 2. The average Bonchev–Trinajstić information content (AvgIpc) is 2.86. The topological polar surface area (TPSA) is 88.2 Å². The summed E-state index contributed by atoms with van der Waals surface area (Å²) in [6.45, 7) is 3.82. The summed E-state index contributed by atoms with van der Waals surface area (Å²) >= 11 is 0. The first-order valence-corrected chi connectivity index (χ1v) is 11.6. The van der Waals surface area contributed by atoms with E-state index in [-0.39, 0.29) is 17.9 Å². The number of nitrogens with zero attached hydrogens (tertiary/aromatic N) is 4. The standard InChI is InChI=1S/C27H30N4O2/c1-2-3-25-20-30(26(32)14-12-21-4-8-23(18-28)9-5-21)16-17-31(25)27(33)15-13-22-6-10-24(19-29)11-7-22/h4-11,25H,2-3,12-17,20H2,1H3. The zero-order chi connectivity index (χ0) is 23.6. The molecule has 1 heterocycles. The predicted octanol–water partition coefficient (Wildman–Crippen LogP) is 3.83. The van der Waals surface area contributed by atoms with Gasteiger partial charge < -0.3 is 9.80 Å². The molecule has 1 atom stereocenters. The molecule has 1 saturated heterocycles. The Morgan fingerprint density at radius 2 is 1.36 bits per heavy atom. The van der Waals surface area contributed by atoms with Crippen LogP contribution in [0.3, 0.4) is 0 Å². The summed E-state index contributed by atoms with van der Waals surface area (Å²) in [6, 6.07) is 19.0. The lowest BCUT2D eigenvalue weighted by Crippen LogP contribution is -2.56. The molecule has 3 rings (SSSR count). The van der Waals surface area contributed by atoms with E-state index in [1.165, 1.54) is 0 Å². The maximum atomic E-state index is 13.0. The van der Waals surface area contributed by atoms with Gasteiger partial charge in [0.2, 0.25) is 11.8 Å². The maximum Gasteiger partial charge on any atom is 0.223 e. The second-order valence-corrected chi connectivity index (χ2v) is 8.49. The monoisotopic (exact) mass is 442 g/mol. The fourth-order valence-electron chi connectivity index (χ4n) is 4.29. The van der Waals surface area contributed by atoms with Gasteiger partial charge in [-0.2, -0.15) is 10.5 Å². The first-order valence-electron chi connectivity index (χ1n) is 11.6. The van der Waals surface area contributed by atoms with Gasteiger partial charge in [0.1, 0.15) is 0 Å². The predicted molar refractivity (Wildman–Crippen MR) is 126 cm³/mol. The molecule has 2 aromatic rings. The van der Waals surface area contributed by atoms with Crippen LogP contribution in [0.1, 0.15) is 54.9 Å². The molecule has 1 aliphatic rings. The van der Waals surface area contributed by atoms with E-state index in [0.29, 0.717) is 56.4 Å². The highest BCUT2D eigenvalue weighted by Gasteiger charge is 2.31. The van der Waals surface area contributed by atoms with Crippen molar-refractivity contribution in [2.75, 3.05) is 19.6 Å². The van der Waals surface area contributed by atoms with Gasteiger partial charge in [-0.25, -0.2) is 0 Å². The van der Waals surface area contributed by atoms with Crippen molar-refractivity contribution < 1.29 is 9.59 Å². The highest BCUT2D eigenvalue weighted by atomic mass is 16.2. The van der Waals surface area contributed by atoms with Crippen LogP contribution in [0.15, 0.2) is 48.5 Å². The molecule has 170 valence electrons. The van der Waals surface area contributed by atoms with Crippen molar-refractivity contribution in [2.45, 2.75) is 51.5 Å². The third kappa shape index (κ3) is 6.67. The minimum absolute atomic E-state index is 0.0519. The number of carbonyl (C=O) groups excluding carboxylic acids is 2. The number of carbonyl (C=O) groups is 2. The average molecular weight is 443 g/mol. The van der Waals surface area contributed by atoms with Crippen LogP contribution in [0.4, 0.5) is 0 Å². The third-order valence-corrected chi connectivity index (χ3v) is 6.20. The van der Waals surface area contributed by atoms with Crippen LogP contribution in [0.5, 0.6) is 0 Å². The molecule has 0 radical (unpaired) electrons. The Morgan fingerprint density at radius 1 is 0.848 bits per heavy atom. The van der Waals surface area contributed by atoms with E-state index in [9.17, 15) is 9.59 Å². The van der Waals surface area contributed by atoms with E-state index in [1.54, 1.807) is 24.3 Å². The molecule has 1 unspecified atom stereocenters. The van der Waals surface area contributed by atoms with Gasteiger partial charge in [-0.1, -0.05) is 37.6 Å². The second-order valence-electron chi connectivity index (χ2n) is 8.49. The largest absolute Gasteiger partial charge is 0.339 e. The molecule has 0 aliphatic carbocycles. The Morgan fingerprint density at radius 3 is 1.85 bits per heavy atom. The van der Waals surface area contributed by atoms with Gasteiger partial charge in [-0.3, -0.25) is 9.59 Å². The Hall–Kier alpha value is -3.64. The molecule has 6 heteroatoms. The maximum absolute atomic E-state index is 13.0. The molecular formula is C27H30N4O2. The van der Waals surface area contributed by atoms with Crippen LogP contribution in [0.2, 0.25) is 0 Å². The summed E-state index contributed by atoms with van der Waals surface area (Å²) in [7, 11) is 0. The first kappa shape index (κ1) is 24.0. The molecule has 1 aliphatic heterocycles. The quantitative estimate of drug-likeness (QED) is 0.621. The van der Waals surface area contributed by atoms with Crippen LogP contribution >= 0.6 is 0 Å². The van der Waals surface area contributed by atoms with Gasteiger partial charge in [0.25, 0.3) is 0 Å². The lowest BCUT2D eigenvalue weighted by atomic mass is 10.0. The van der Waals surface area contributed by atoms with Gasteiger partial charge >= 0.3 is 0 Å². The Balaban J connectivity index is 1.52. The number of hydrogen-bond acceptors (Lipinski definition) is 4. The fourth-order valence-corrected chi connectivity index (χ4v) is 4.29. The lowest BCUT2D eigenvalue weighted by molar-refractivity contribution is -0.143. The number of nitriles is 2. The number of hydrogen-bond donors (Lipinski definition) is 0. The summed E-state index contributed by atoms with van der Waals surface area (Å²) in [5, 5.41) is 17.8. The Bertz CT molecular complexity index is 1030. The van der Waals surface area contributed by atoms with Crippen LogP contribution in [0, 0.1) is 22.7 Å². The van der Waals surface area contributed by atoms with Crippen molar-refractivity contribution in [1.29, 1.82) is 10.5 Å². The van der Waals surface area contributed by atoms with Crippen LogP contribution in [-0.4, -0.2) is 47.3 Å². The van der Waals surface area contributed by atoms with Crippen molar-refractivity contribution in [3.8, 4) is 12.1 Å². The van der Waals surface area contributed by atoms with Crippen LogP contribution in [0.25, 0.3) is 0 Å². The van der Waals surface area contributed by atoms with Crippen molar-refractivity contribution in [3.05, 3.63) is 70.8 Å². The van der Waals surface area contributed by atoms with Gasteiger partial charge in [-0.15, -0.1) is 0 Å². The van der Waals surface area contributed by atoms with E-state index < -0.39 is 0 Å². The van der Waals surface area contributed by atoms with E-state index >= 15 is 0 Å². The molecule has 0 N–H and O–H groups in total. The minimum Gasteiger partial charge on any atom is -0.339 e. The summed E-state index contributed by atoms with van der Waals surface area (Å²) in [5.74, 6) is 0.243. The highest BCUT2D eigenvalue weighted by molar-refractivity contribution is 5.79. The van der Waals surface area contributed by atoms with Crippen molar-refractivity contribution >= 4 is 11.8 Å². The van der Waals surface area contributed by atoms with Crippen molar-refractivity contribution in [3.63, 3.8) is 0 Å². The van der Waals surface area contributed by atoms with E-state index in [1.807, 2.05) is 34.1 Å². The Kier molecular flexibility index (Phi) is 8.61. The van der Waals surface area contributed by atoms with E-state index in [4.69, 9.17) is 10.5 Å². The van der Waals surface area contributed by atoms with Crippen LogP contribution < -0.4 is 0 Å². The summed E-state index contributed by atoms with van der Waals surface area (Å²) < 4.78 is 0. The minimum atomic E-state index is 0.0519. The molecule has 6 nitrogen and oxygen atoms in total. The van der Waals surface area contributed by atoms with Crippen molar-refractivity contribution in [1.82, 2.24) is 9.80 Å². The van der Waals surface area contributed by atoms with Gasteiger partial charge in [-0.05, 0) is 54.7 Å². The first-order chi connectivity index (χ1) is 16.0. The lowest BCUT2D eigenvalue weighted by Gasteiger charge is -2.41. The zero-order valence-electron chi connectivity index (χ0n) is 19.2. The van der Waals surface area contributed by atoms with Gasteiger partial charge in [0.05, 0.1) is 23.3 Å².